The summed E-state index contributed by atoms with van der Waals surface area (Å²) in [6, 6.07) is 11.4. The van der Waals surface area contributed by atoms with Crippen LogP contribution in [0.25, 0.3) is 0 Å². The molecule has 0 aliphatic rings. The van der Waals surface area contributed by atoms with E-state index in [9.17, 15) is 0 Å². The molecular weight excluding hydrogens is 236 g/mol. The number of benzene rings is 1. The van der Waals surface area contributed by atoms with Crippen molar-refractivity contribution in [2.45, 2.75) is 39.0 Å². The van der Waals surface area contributed by atoms with Gasteiger partial charge in [-0.1, -0.05) is 30.3 Å². The first-order chi connectivity index (χ1) is 9.06. The molecule has 0 saturated heterocycles. The highest BCUT2D eigenvalue weighted by atomic mass is 16.5. The summed E-state index contributed by atoms with van der Waals surface area (Å²) < 4.78 is 5.62. The number of hydrogen-bond donors (Lipinski definition) is 1. The van der Waals surface area contributed by atoms with E-state index in [0.29, 0.717) is 18.2 Å². The van der Waals surface area contributed by atoms with E-state index < -0.39 is 0 Å². The molecule has 1 rings (SSSR count). The van der Waals surface area contributed by atoms with Crippen molar-refractivity contribution in [2.75, 3.05) is 27.2 Å². The van der Waals surface area contributed by atoms with Crippen molar-refractivity contribution in [3.63, 3.8) is 0 Å². The fraction of sp³-hybridized carbons (Fsp3) is 0.625. The van der Waals surface area contributed by atoms with Gasteiger partial charge in [-0.15, -0.1) is 0 Å². The molecule has 0 fully saturated rings. The highest BCUT2D eigenvalue weighted by Crippen LogP contribution is 2.19. The Morgan fingerprint density at radius 2 is 1.79 bits per heavy atom. The van der Waals surface area contributed by atoms with Crippen LogP contribution in [0, 0.1) is 0 Å². The first kappa shape index (κ1) is 16.2. The lowest BCUT2D eigenvalue weighted by atomic mass is 10.00. The minimum atomic E-state index is 0.304. The monoisotopic (exact) mass is 264 g/mol. The molecule has 1 N–H and O–H groups in total. The summed E-state index contributed by atoms with van der Waals surface area (Å²) in [5.74, 6) is 0. The maximum atomic E-state index is 5.62. The summed E-state index contributed by atoms with van der Waals surface area (Å²) >= 11 is 0. The zero-order chi connectivity index (χ0) is 14.3. The molecule has 0 aliphatic carbocycles. The van der Waals surface area contributed by atoms with Crippen molar-refractivity contribution in [1.29, 1.82) is 0 Å². The number of nitrogens with zero attached hydrogens (tertiary/aromatic N) is 1. The zero-order valence-corrected chi connectivity index (χ0v) is 12.9. The Kier molecular flexibility index (Phi) is 7.06. The van der Waals surface area contributed by atoms with Crippen LogP contribution in [-0.4, -0.2) is 44.3 Å². The molecule has 19 heavy (non-hydrogen) atoms. The van der Waals surface area contributed by atoms with Crippen LogP contribution in [-0.2, 0) is 4.74 Å². The third-order valence-electron chi connectivity index (χ3n) is 3.54. The Hall–Kier alpha value is -0.900. The van der Waals surface area contributed by atoms with E-state index in [2.05, 4.69) is 68.4 Å². The van der Waals surface area contributed by atoms with Crippen LogP contribution in [0.15, 0.2) is 30.3 Å². The van der Waals surface area contributed by atoms with Crippen LogP contribution in [0.3, 0.4) is 0 Å². The lowest BCUT2D eigenvalue weighted by molar-refractivity contribution is 0.0537. The minimum absolute atomic E-state index is 0.304. The normalized spacial score (nSPS) is 14.9. The van der Waals surface area contributed by atoms with Gasteiger partial charge in [-0.2, -0.15) is 0 Å². The molecule has 0 amide bonds. The molecule has 1 aromatic carbocycles. The van der Waals surface area contributed by atoms with Gasteiger partial charge in [-0.25, -0.2) is 0 Å². The number of rotatable bonds is 8. The molecule has 3 heteroatoms. The van der Waals surface area contributed by atoms with Crippen molar-refractivity contribution in [3.8, 4) is 0 Å². The Morgan fingerprint density at radius 1 is 1.16 bits per heavy atom. The number of ether oxygens (including phenoxy) is 1. The van der Waals surface area contributed by atoms with Gasteiger partial charge < -0.3 is 10.1 Å². The molecule has 3 nitrogen and oxygen atoms in total. The Morgan fingerprint density at radius 3 is 2.32 bits per heavy atom. The summed E-state index contributed by atoms with van der Waals surface area (Å²) in [6.07, 6.45) is 0.304. The second-order valence-corrected chi connectivity index (χ2v) is 5.32. The zero-order valence-electron chi connectivity index (χ0n) is 12.9. The predicted octanol–water partition coefficient (Wildman–Crippen LogP) is 2.69. The van der Waals surface area contributed by atoms with Gasteiger partial charge in [-0.05, 0) is 40.4 Å². The van der Waals surface area contributed by atoms with Crippen LogP contribution in [0.4, 0.5) is 0 Å². The maximum Gasteiger partial charge on any atom is 0.0596 e. The lowest BCUT2D eigenvalue weighted by Gasteiger charge is -2.32. The van der Waals surface area contributed by atoms with Crippen molar-refractivity contribution in [2.24, 2.45) is 0 Å². The summed E-state index contributed by atoms with van der Waals surface area (Å²) in [4.78, 5) is 2.34. The molecule has 2 unspecified atom stereocenters. The van der Waals surface area contributed by atoms with Crippen molar-refractivity contribution in [1.82, 2.24) is 10.2 Å². The van der Waals surface area contributed by atoms with E-state index >= 15 is 0 Å². The van der Waals surface area contributed by atoms with Gasteiger partial charge in [0.15, 0.2) is 0 Å². The van der Waals surface area contributed by atoms with Crippen LogP contribution in [0.5, 0.6) is 0 Å². The second kappa shape index (κ2) is 8.31. The fourth-order valence-corrected chi connectivity index (χ4v) is 2.24. The fourth-order valence-electron chi connectivity index (χ4n) is 2.24. The summed E-state index contributed by atoms with van der Waals surface area (Å²) in [5.41, 5.74) is 1.33. The largest absolute Gasteiger partial charge is 0.377 e. The van der Waals surface area contributed by atoms with E-state index in [1.165, 1.54) is 5.56 Å². The molecule has 1 aromatic rings. The molecule has 0 aliphatic heterocycles. The average Bonchev–Trinajstić information content (AvgIpc) is 2.40. The number of nitrogens with one attached hydrogen (secondary N) is 1. The van der Waals surface area contributed by atoms with Crippen LogP contribution in [0.1, 0.15) is 32.4 Å². The Labute approximate surface area is 118 Å². The van der Waals surface area contributed by atoms with Crippen LogP contribution >= 0.6 is 0 Å². The lowest BCUT2D eigenvalue weighted by Crippen LogP contribution is -2.41. The van der Waals surface area contributed by atoms with Crippen LogP contribution < -0.4 is 5.32 Å². The summed E-state index contributed by atoms with van der Waals surface area (Å²) in [5, 5.41) is 3.42. The van der Waals surface area contributed by atoms with Crippen molar-refractivity contribution in [3.05, 3.63) is 35.9 Å². The third-order valence-corrected chi connectivity index (χ3v) is 3.54. The van der Waals surface area contributed by atoms with Gasteiger partial charge in [0.05, 0.1) is 12.7 Å². The second-order valence-electron chi connectivity index (χ2n) is 5.32. The average molecular weight is 264 g/mol. The standard InChI is InChI=1S/C16H28N2O/c1-13(2)19-12-11-18(5)14(3)16(17-4)15-9-7-6-8-10-15/h6-10,13-14,16-17H,11-12H2,1-5H3. The smallest absolute Gasteiger partial charge is 0.0596 e. The Balaban J connectivity index is 2.55. The predicted molar refractivity (Wildman–Crippen MR) is 81.4 cm³/mol. The molecule has 0 radical (unpaired) electrons. The molecular formula is C16H28N2O. The molecule has 0 bridgehead atoms. The third kappa shape index (κ3) is 5.31. The highest BCUT2D eigenvalue weighted by molar-refractivity contribution is 5.20. The van der Waals surface area contributed by atoms with Crippen LogP contribution in [0.2, 0.25) is 0 Å². The van der Waals surface area contributed by atoms with Crippen molar-refractivity contribution < 1.29 is 4.74 Å². The summed E-state index contributed by atoms with van der Waals surface area (Å²) in [6.45, 7) is 8.13. The van der Waals surface area contributed by atoms with E-state index in [4.69, 9.17) is 4.74 Å². The quantitative estimate of drug-likeness (QED) is 0.781. The number of likely N-dealkylation sites (N-methyl/N-ethyl adjacent to an activating group) is 2. The molecule has 0 spiro atoms. The molecule has 0 heterocycles. The van der Waals surface area contributed by atoms with E-state index in [0.717, 1.165) is 13.2 Å². The van der Waals surface area contributed by atoms with Gasteiger partial charge in [0.1, 0.15) is 0 Å². The summed E-state index contributed by atoms with van der Waals surface area (Å²) in [7, 11) is 4.17. The SMILES string of the molecule is CNC(c1ccccc1)C(C)N(C)CCOC(C)C. The van der Waals surface area contributed by atoms with Gasteiger partial charge in [0, 0.05) is 18.6 Å². The highest BCUT2D eigenvalue weighted by Gasteiger charge is 2.20. The van der Waals surface area contributed by atoms with Gasteiger partial charge in [0.25, 0.3) is 0 Å². The topological polar surface area (TPSA) is 24.5 Å². The van der Waals surface area contributed by atoms with E-state index in [-0.39, 0.29) is 0 Å². The van der Waals surface area contributed by atoms with E-state index in [1.807, 2.05) is 7.05 Å². The molecule has 0 saturated carbocycles. The van der Waals surface area contributed by atoms with Gasteiger partial charge in [0.2, 0.25) is 0 Å². The first-order valence-corrected chi connectivity index (χ1v) is 7.10. The Bertz CT molecular complexity index is 340. The molecule has 108 valence electrons. The molecule has 2 atom stereocenters. The maximum absolute atomic E-state index is 5.62. The van der Waals surface area contributed by atoms with E-state index in [1.54, 1.807) is 0 Å². The number of hydrogen-bond acceptors (Lipinski definition) is 3. The van der Waals surface area contributed by atoms with Crippen molar-refractivity contribution >= 4 is 0 Å². The van der Waals surface area contributed by atoms with Gasteiger partial charge in [-0.3, -0.25) is 4.90 Å². The first-order valence-electron chi connectivity index (χ1n) is 7.10. The minimum Gasteiger partial charge on any atom is -0.377 e. The molecule has 0 aromatic heterocycles. The van der Waals surface area contributed by atoms with Gasteiger partial charge >= 0.3 is 0 Å².